The van der Waals surface area contributed by atoms with Gasteiger partial charge in [-0.15, -0.1) is 0 Å². The Bertz CT molecular complexity index is 1670. The number of pyridine rings is 1. The van der Waals surface area contributed by atoms with E-state index in [0.29, 0.717) is 35.1 Å². The molecule has 5 rings (SSSR count). The molecule has 0 saturated heterocycles. The molecule has 2 aromatic carbocycles. The summed E-state index contributed by atoms with van der Waals surface area (Å²) in [5.41, 5.74) is 9.78. The van der Waals surface area contributed by atoms with Crippen molar-refractivity contribution in [1.82, 2.24) is 19.1 Å². The van der Waals surface area contributed by atoms with Crippen LogP contribution in [0.3, 0.4) is 0 Å². The van der Waals surface area contributed by atoms with Crippen LogP contribution in [0.5, 0.6) is 5.75 Å². The average molecular weight is 574 g/mol. The van der Waals surface area contributed by atoms with Gasteiger partial charge in [0.15, 0.2) is 5.82 Å². The van der Waals surface area contributed by atoms with Crippen LogP contribution in [-0.2, 0) is 13.6 Å². The van der Waals surface area contributed by atoms with Crippen LogP contribution in [0, 0.1) is 0 Å². The van der Waals surface area contributed by atoms with E-state index in [4.69, 9.17) is 10.5 Å². The summed E-state index contributed by atoms with van der Waals surface area (Å²) < 4.78 is 9.83. The van der Waals surface area contributed by atoms with Crippen molar-refractivity contribution in [1.29, 1.82) is 0 Å². The monoisotopic (exact) mass is 573 g/mol. The first-order chi connectivity index (χ1) is 18.3. The second-order valence-electron chi connectivity index (χ2n) is 8.58. The van der Waals surface area contributed by atoms with Crippen molar-refractivity contribution in [2.45, 2.75) is 6.54 Å². The molecule has 0 aliphatic rings. The van der Waals surface area contributed by atoms with Gasteiger partial charge in [0.1, 0.15) is 11.4 Å². The SMILES string of the molecule is COc1ccc(Br)cc1NC(=O)Nc1cccc2c1ccn2Cc1ccnc(-c2cn(C)c(C(N)=O)n2)c1. The Morgan fingerprint density at radius 3 is 2.63 bits per heavy atom. The fraction of sp³-hybridized carbons (Fsp3) is 0.111. The topological polar surface area (TPSA) is 129 Å². The first-order valence-corrected chi connectivity index (χ1v) is 12.4. The van der Waals surface area contributed by atoms with Gasteiger partial charge in [0.25, 0.3) is 5.91 Å². The molecule has 38 heavy (non-hydrogen) atoms. The van der Waals surface area contributed by atoms with E-state index >= 15 is 0 Å². The largest absolute Gasteiger partial charge is 0.495 e. The number of nitrogens with two attached hydrogens (primary N) is 1. The van der Waals surface area contributed by atoms with E-state index in [1.807, 2.05) is 48.7 Å². The molecule has 0 aliphatic heterocycles. The number of carbonyl (C=O) groups excluding carboxylic acids is 2. The van der Waals surface area contributed by atoms with Gasteiger partial charge in [-0.3, -0.25) is 9.78 Å². The van der Waals surface area contributed by atoms with Gasteiger partial charge in [-0.2, -0.15) is 0 Å². The molecule has 0 aliphatic carbocycles. The van der Waals surface area contributed by atoms with Gasteiger partial charge < -0.3 is 30.2 Å². The first kappa shape index (κ1) is 25.0. The summed E-state index contributed by atoms with van der Waals surface area (Å²) in [6, 6.07) is 16.6. The van der Waals surface area contributed by atoms with E-state index in [1.54, 1.807) is 43.3 Å². The number of ether oxygens (including phenoxy) is 1. The third-order valence-electron chi connectivity index (χ3n) is 6.01. The number of aryl methyl sites for hydroxylation is 1. The van der Waals surface area contributed by atoms with E-state index in [2.05, 4.69) is 41.1 Å². The lowest BCUT2D eigenvalue weighted by molar-refractivity contribution is 0.0987. The van der Waals surface area contributed by atoms with Crippen molar-refractivity contribution >= 4 is 50.1 Å². The van der Waals surface area contributed by atoms with E-state index in [0.717, 1.165) is 20.9 Å². The molecule has 0 atom stereocenters. The quantitative estimate of drug-likeness (QED) is 0.252. The summed E-state index contributed by atoms with van der Waals surface area (Å²) >= 11 is 3.42. The van der Waals surface area contributed by atoms with Crippen LogP contribution in [0.15, 0.2) is 77.7 Å². The number of carbonyl (C=O) groups is 2. The second kappa shape index (κ2) is 10.4. The molecule has 0 unspecified atom stereocenters. The zero-order valence-electron chi connectivity index (χ0n) is 20.6. The van der Waals surface area contributed by atoms with E-state index in [-0.39, 0.29) is 11.9 Å². The van der Waals surface area contributed by atoms with Gasteiger partial charge in [-0.05, 0) is 54.1 Å². The number of benzene rings is 2. The van der Waals surface area contributed by atoms with Crippen LogP contribution < -0.4 is 21.1 Å². The smallest absolute Gasteiger partial charge is 0.323 e. The van der Waals surface area contributed by atoms with E-state index in [1.165, 1.54) is 0 Å². The molecular weight excluding hydrogens is 550 g/mol. The highest BCUT2D eigenvalue weighted by Crippen LogP contribution is 2.29. The lowest BCUT2D eigenvalue weighted by Gasteiger charge is -2.12. The molecule has 0 radical (unpaired) electrons. The Morgan fingerprint density at radius 2 is 1.87 bits per heavy atom. The third kappa shape index (κ3) is 5.09. The second-order valence-corrected chi connectivity index (χ2v) is 9.50. The van der Waals surface area contributed by atoms with Crippen molar-refractivity contribution in [3.63, 3.8) is 0 Å². The maximum absolute atomic E-state index is 12.8. The zero-order chi connectivity index (χ0) is 26.8. The number of hydrogen-bond donors (Lipinski definition) is 3. The number of rotatable bonds is 7. The van der Waals surface area contributed by atoms with Crippen molar-refractivity contribution in [2.24, 2.45) is 12.8 Å². The van der Waals surface area contributed by atoms with Gasteiger partial charge in [0.05, 0.1) is 29.7 Å². The Hall–Kier alpha value is -4.64. The molecular formula is C27H24BrN7O3. The Morgan fingerprint density at radius 1 is 1.05 bits per heavy atom. The van der Waals surface area contributed by atoms with Crippen LogP contribution in [-0.4, -0.2) is 38.2 Å². The molecule has 0 spiro atoms. The molecule has 192 valence electrons. The minimum Gasteiger partial charge on any atom is -0.495 e. The highest BCUT2D eigenvalue weighted by atomic mass is 79.9. The molecule has 3 amide bonds. The van der Waals surface area contributed by atoms with Gasteiger partial charge in [0, 0.05) is 42.0 Å². The van der Waals surface area contributed by atoms with Crippen LogP contribution in [0.1, 0.15) is 16.2 Å². The minimum absolute atomic E-state index is 0.172. The van der Waals surface area contributed by atoms with Gasteiger partial charge in [-0.25, -0.2) is 9.78 Å². The van der Waals surface area contributed by atoms with Crippen molar-refractivity contribution < 1.29 is 14.3 Å². The van der Waals surface area contributed by atoms with E-state index in [9.17, 15) is 9.59 Å². The maximum Gasteiger partial charge on any atom is 0.323 e. The van der Waals surface area contributed by atoms with Crippen LogP contribution in [0.4, 0.5) is 16.2 Å². The third-order valence-corrected chi connectivity index (χ3v) is 6.50. The highest BCUT2D eigenvalue weighted by molar-refractivity contribution is 9.10. The lowest BCUT2D eigenvalue weighted by atomic mass is 10.2. The number of aromatic nitrogens is 4. The Balaban J connectivity index is 1.36. The summed E-state index contributed by atoms with van der Waals surface area (Å²) in [5.74, 6) is 0.134. The number of imidazole rings is 1. The predicted molar refractivity (Wildman–Crippen MR) is 149 cm³/mol. The van der Waals surface area contributed by atoms with Gasteiger partial charge in [-0.1, -0.05) is 22.0 Å². The minimum atomic E-state index is -0.595. The number of amides is 3. The maximum atomic E-state index is 12.8. The fourth-order valence-corrected chi connectivity index (χ4v) is 4.61. The molecule has 0 fully saturated rings. The molecule has 0 saturated carbocycles. The number of urea groups is 1. The highest BCUT2D eigenvalue weighted by Gasteiger charge is 2.14. The standard InChI is InChI=1S/C27H24BrN7O3/c1-34-15-22(31-26(34)25(29)36)20-12-16(8-10-30-20)14-35-11-9-18-19(4-3-5-23(18)35)32-27(37)33-21-13-17(28)6-7-24(21)38-2/h3-13,15H,14H2,1-2H3,(H2,29,36)(H2,32,33,37). The van der Waals surface area contributed by atoms with Gasteiger partial charge in [0.2, 0.25) is 0 Å². The van der Waals surface area contributed by atoms with E-state index < -0.39 is 5.91 Å². The predicted octanol–water partition coefficient (Wildman–Crippen LogP) is 5.00. The number of primary amides is 1. The number of fused-ring (bicyclic) bond motifs is 1. The summed E-state index contributed by atoms with van der Waals surface area (Å²) in [4.78, 5) is 33.1. The van der Waals surface area contributed by atoms with Crippen molar-refractivity contribution in [2.75, 3.05) is 17.7 Å². The summed E-state index contributed by atoms with van der Waals surface area (Å²) in [7, 11) is 3.27. The number of nitrogens with one attached hydrogen (secondary N) is 2. The Kier molecular flexibility index (Phi) is 6.84. The molecule has 10 nitrogen and oxygen atoms in total. The molecule has 0 bridgehead atoms. The molecule has 4 N–H and O–H groups in total. The average Bonchev–Trinajstić information content (AvgIpc) is 3.49. The molecule has 5 aromatic rings. The number of halogens is 1. The van der Waals surface area contributed by atoms with Crippen molar-refractivity contribution in [3.05, 3.63) is 89.0 Å². The number of anilines is 2. The molecule has 3 heterocycles. The summed E-state index contributed by atoms with van der Waals surface area (Å²) in [6.07, 6.45) is 5.41. The number of hydrogen-bond acceptors (Lipinski definition) is 5. The molecule has 11 heteroatoms. The van der Waals surface area contributed by atoms with Crippen LogP contribution in [0.25, 0.3) is 22.3 Å². The van der Waals surface area contributed by atoms with Crippen LogP contribution in [0.2, 0.25) is 0 Å². The zero-order valence-corrected chi connectivity index (χ0v) is 22.2. The van der Waals surface area contributed by atoms with Crippen molar-refractivity contribution in [3.8, 4) is 17.1 Å². The first-order valence-electron chi connectivity index (χ1n) is 11.6. The van der Waals surface area contributed by atoms with Crippen LogP contribution >= 0.6 is 15.9 Å². The number of nitrogens with zero attached hydrogens (tertiary/aromatic N) is 4. The number of methoxy groups -OCH3 is 1. The summed E-state index contributed by atoms with van der Waals surface area (Å²) in [5, 5.41) is 6.67. The molecule has 3 aromatic heterocycles. The lowest BCUT2D eigenvalue weighted by Crippen LogP contribution is -2.20. The normalized spacial score (nSPS) is 10.9. The van der Waals surface area contributed by atoms with Gasteiger partial charge >= 0.3 is 6.03 Å². The fourth-order valence-electron chi connectivity index (χ4n) is 4.25. The summed E-state index contributed by atoms with van der Waals surface area (Å²) in [6.45, 7) is 0.569. The Labute approximate surface area is 226 Å².